The van der Waals surface area contributed by atoms with Gasteiger partial charge in [0, 0.05) is 24.4 Å². The highest BCUT2D eigenvalue weighted by Crippen LogP contribution is 2.29. The van der Waals surface area contributed by atoms with E-state index in [9.17, 15) is 9.59 Å². The molecule has 0 spiro atoms. The van der Waals surface area contributed by atoms with Gasteiger partial charge >= 0.3 is 0 Å². The van der Waals surface area contributed by atoms with Crippen molar-refractivity contribution in [1.29, 1.82) is 0 Å². The van der Waals surface area contributed by atoms with Crippen LogP contribution in [0.1, 0.15) is 84.5 Å². The van der Waals surface area contributed by atoms with Crippen molar-refractivity contribution in [1.82, 2.24) is 10.6 Å². The SMILES string of the molecule is CC(C)CCNC(=O)C1CCC(C(=O)NC2CCCCCC2)CC1. The zero-order valence-electron chi connectivity index (χ0n) is 15.6. The van der Waals surface area contributed by atoms with Gasteiger partial charge in [-0.15, -0.1) is 0 Å². The zero-order valence-corrected chi connectivity index (χ0v) is 15.6. The van der Waals surface area contributed by atoms with E-state index in [0.29, 0.717) is 12.0 Å². The molecule has 0 aromatic heterocycles. The molecule has 0 unspecified atom stereocenters. The van der Waals surface area contributed by atoms with Crippen molar-refractivity contribution in [2.45, 2.75) is 90.5 Å². The van der Waals surface area contributed by atoms with Crippen molar-refractivity contribution in [3.8, 4) is 0 Å². The van der Waals surface area contributed by atoms with Crippen LogP contribution in [-0.2, 0) is 9.59 Å². The summed E-state index contributed by atoms with van der Waals surface area (Å²) >= 11 is 0. The van der Waals surface area contributed by atoms with Gasteiger partial charge in [-0.25, -0.2) is 0 Å². The van der Waals surface area contributed by atoms with E-state index in [-0.39, 0.29) is 23.7 Å². The molecular formula is C20H36N2O2. The lowest BCUT2D eigenvalue weighted by Gasteiger charge is -2.28. The summed E-state index contributed by atoms with van der Waals surface area (Å²) in [6, 6.07) is 0.386. The molecule has 0 heterocycles. The molecule has 2 rings (SSSR count). The summed E-state index contributed by atoms with van der Waals surface area (Å²) in [6.07, 6.45) is 11.9. The lowest BCUT2D eigenvalue weighted by Crippen LogP contribution is -2.41. The average Bonchev–Trinajstić information content (AvgIpc) is 2.83. The highest BCUT2D eigenvalue weighted by Gasteiger charge is 2.30. The molecule has 2 aliphatic rings. The second kappa shape index (κ2) is 10.0. The van der Waals surface area contributed by atoms with Gasteiger partial charge < -0.3 is 10.6 Å². The minimum atomic E-state index is 0.110. The number of hydrogen-bond donors (Lipinski definition) is 2. The molecule has 2 N–H and O–H groups in total. The maximum atomic E-state index is 12.5. The van der Waals surface area contributed by atoms with Crippen molar-refractivity contribution < 1.29 is 9.59 Å². The second-order valence-corrected chi connectivity index (χ2v) is 8.22. The molecule has 0 aromatic carbocycles. The summed E-state index contributed by atoms with van der Waals surface area (Å²) in [4.78, 5) is 24.7. The first-order chi connectivity index (χ1) is 11.6. The summed E-state index contributed by atoms with van der Waals surface area (Å²) < 4.78 is 0. The van der Waals surface area contributed by atoms with Crippen molar-refractivity contribution in [2.75, 3.05) is 6.54 Å². The highest BCUT2D eigenvalue weighted by molar-refractivity contribution is 5.81. The summed E-state index contributed by atoms with van der Waals surface area (Å²) in [7, 11) is 0. The molecule has 24 heavy (non-hydrogen) atoms. The van der Waals surface area contributed by atoms with Gasteiger partial charge in [0.2, 0.25) is 11.8 Å². The third-order valence-corrected chi connectivity index (χ3v) is 5.69. The van der Waals surface area contributed by atoms with Crippen molar-refractivity contribution in [3.63, 3.8) is 0 Å². The molecule has 138 valence electrons. The predicted octanol–water partition coefficient (Wildman–Crippen LogP) is 3.79. The van der Waals surface area contributed by atoms with Gasteiger partial charge in [-0.1, -0.05) is 39.5 Å². The molecule has 0 radical (unpaired) electrons. The van der Waals surface area contributed by atoms with Gasteiger partial charge in [0.15, 0.2) is 0 Å². The minimum Gasteiger partial charge on any atom is -0.356 e. The largest absolute Gasteiger partial charge is 0.356 e. The Morgan fingerprint density at radius 2 is 1.38 bits per heavy atom. The maximum Gasteiger partial charge on any atom is 0.223 e. The Bertz CT molecular complexity index is 392. The van der Waals surface area contributed by atoms with Crippen LogP contribution in [0.25, 0.3) is 0 Å². The van der Waals surface area contributed by atoms with Crippen molar-refractivity contribution >= 4 is 11.8 Å². The van der Waals surface area contributed by atoms with Gasteiger partial charge in [-0.3, -0.25) is 9.59 Å². The van der Waals surface area contributed by atoms with Crippen LogP contribution in [0.3, 0.4) is 0 Å². The number of rotatable bonds is 6. The van der Waals surface area contributed by atoms with Gasteiger partial charge in [-0.2, -0.15) is 0 Å². The van der Waals surface area contributed by atoms with E-state index in [0.717, 1.165) is 51.5 Å². The van der Waals surface area contributed by atoms with Crippen molar-refractivity contribution in [2.24, 2.45) is 17.8 Å². The van der Waals surface area contributed by atoms with Crippen LogP contribution in [0, 0.1) is 17.8 Å². The standard InChI is InChI=1S/C20H36N2O2/c1-15(2)13-14-21-19(23)16-9-11-17(12-10-16)20(24)22-18-7-5-3-4-6-8-18/h15-18H,3-14H2,1-2H3,(H,21,23)(H,22,24). The molecule has 2 saturated carbocycles. The Labute approximate surface area is 147 Å². The molecule has 0 aromatic rings. The first kappa shape index (κ1) is 19.3. The van der Waals surface area contributed by atoms with E-state index in [4.69, 9.17) is 0 Å². The fraction of sp³-hybridized carbons (Fsp3) is 0.900. The fourth-order valence-corrected chi connectivity index (χ4v) is 3.99. The topological polar surface area (TPSA) is 58.2 Å². The van der Waals surface area contributed by atoms with Gasteiger partial charge in [0.25, 0.3) is 0 Å². The fourth-order valence-electron chi connectivity index (χ4n) is 3.99. The van der Waals surface area contributed by atoms with E-state index in [1.807, 2.05) is 0 Å². The van der Waals surface area contributed by atoms with Gasteiger partial charge in [0.1, 0.15) is 0 Å². The summed E-state index contributed by atoms with van der Waals surface area (Å²) in [5.41, 5.74) is 0. The number of carbonyl (C=O) groups is 2. The van der Waals surface area contributed by atoms with Crippen molar-refractivity contribution in [3.05, 3.63) is 0 Å². The van der Waals surface area contributed by atoms with Gasteiger partial charge in [0.05, 0.1) is 0 Å². The normalized spacial score (nSPS) is 26.0. The molecule has 2 aliphatic carbocycles. The van der Waals surface area contributed by atoms with E-state index in [2.05, 4.69) is 24.5 Å². The molecule has 0 atom stereocenters. The molecule has 0 aliphatic heterocycles. The number of amides is 2. The Kier molecular flexibility index (Phi) is 8.07. The highest BCUT2D eigenvalue weighted by atomic mass is 16.2. The Morgan fingerprint density at radius 1 is 0.833 bits per heavy atom. The molecule has 2 amide bonds. The number of carbonyl (C=O) groups excluding carboxylic acids is 2. The number of hydrogen-bond acceptors (Lipinski definition) is 2. The summed E-state index contributed by atoms with van der Waals surface area (Å²) in [5, 5.41) is 6.34. The van der Waals surface area contributed by atoms with E-state index in [1.54, 1.807) is 0 Å². The molecular weight excluding hydrogens is 300 g/mol. The van der Waals surface area contributed by atoms with Crippen LogP contribution in [0.2, 0.25) is 0 Å². The maximum absolute atomic E-state index is 12.5. The lowest BCUT2D eigenvalue weighted by molar-refractivity contribution is -0.131. The molecule has 0 saturated heterocycles. The van der Waals surface area contributed by atoms with Gasteiger partial charge in [-0.05, 0) is 50.9 Å². The van der Waals surface area contributed by atoms with Crippen LogP contribution >= 0.6 is 0 Å². The van der Waals surface area contributed by atoms with E-state index >= 15 is 0 Å². The Balaban J connectivity index is 1.67. The van der Waals surface area contributed by atoms with Crippen LogP contribution in [0.5, 0.6) is 0 Å². The molecule has 4 nitrogen and oxygen atoms in total. The van der Waals surface area contributed by atoms with E-state index in [1.165, 1.54) is 25.7 Å². The molecule has 4 heteroatoms. The zero-order chi connectivity index (χ0) is 17.4. The molecule has 0 bridgehead atoms. The second-order valence-electron chi connectivity index (χ2n) is 8.22. The number of nitrogens with one attached hydrogen (secondary N) is 2. The quantitative estimate of drug-likeness (QED) is 0.725. The first-order valence-electron chi connectivity index (χ1n) is 10.1. The Hall–Kier alpha value is -1.06. The lowest BCUT2D eigenvalue weighted by atomic mass is 9.81. The predicted molar refractivity (Wildman–Crippen MR) is 97.5 cm³/mol. The minimum absolute atomic E-state index is 0.110. The monoisotopic (exact) mass is 336 g/mol. The third kappa shape index (κ3) is 6.45. The first-order valence-corrected chi connectivity index (χ1v) is 10.1. The van der Waals surface area contributed by atoms with Crippen LogP contribution in [0.15, 0.2) is 0 Å². The van der Waals surface area contributed by atoms with Crippen LogP contribution < -0.4 is 10.6 Å². The average molecular weight is 337 g/mol. The third-order valence-electron chi connectivity index (χ3n) is 5.69. The smallest absolute Gasteiger partial charge is 0.223 e. The summed E-state index contributed by atoms with van der Waals surface area (Å²) in [6.45, 7) is 5.12. The van der Waals surface area contributed by atoms with Crippen LogP contribution in [-0.4, -0.2) is 24.4 Å². The van der Waals surface area contributed by atoms with Crippen LogP contribution in [0.4, 0.5) is 0 Å². The molecule has 2 fully saturated rings. The Morgan fingerprint density at radius 3 is 1.92 bits per heavy atom. The van der Waals surface area contributed by atoms with E-state index < -0.39 is 0 Å². The summed E-state index contributed by atoms with van der Waals surface area (Å²) in [5.74, 6) is 1.28.